The van der Waals surface area contributed by atoms with Gasteiger partial charge in [-0.3, -0.25) is 19.2 Å². The molecule has 0 aliphatic carbocycles. The summed E-state index contributed by atoms with van der Waals surface area (Å²) in [6.07, 6.45) is 3.52. The zero-order chi connectivity index (χ0) is 22.4. The van der Waals surface area contributed by atoms with Crippen LogP contribution < -0.4 is 10.6 Å². The highest BCUT2D eigenvalue weighted by atomic mass is 16.2. The molecule has 1 aromatic carbocycles. The second-order valence-electron chi connectivity index (χ2n) is 9.25. The van der Waals surface area contributed by atoms with Crippen molar-refractivity contribution in [2.24, 2.45) is 5.41 Å². The van der Waals surface area contributed by atoms with Crippen molar-refractivity contribution in [3.05, 3.63) is 35.9 Å². The largest absolute Gasteiger partial charge is 0.349 e. The maximum Gasteiger partial charge on any atom is 0.240 e. The van der Waals surface area contributed by atoms with E-state index in [0.29, 0.717) is 13.0 Å². The molecule has 0 unspecified atom stereocenters. The van der Waals surface area contributed by atoms with E-state index in [1.54, 1.807) is 18.7 Å². The van der Waals surface area contributed by atoms with Gasteiger partial charge in [0.2, 0.25) is 11.8 Å². The lowest BCUT2D eigenvalue weighted by atomic mass is 9.84. The first-order valence-corrected chi connectivity index (χ1v) is 11.2. The van der Waals surface area contributed by atoms with Crippen LogP contribution >= 0.6 is 0 Å². The molecule has 1 aromatic rings. The minimum absolute atomic E-state index is 0.00196. The Hall–Kier alpha value is -2.54. The van der Waals surface area contributed by atoms with E-state index in [9.17, 15) is 19.2 Å². The Morgan fingerprint density at radius 1 is 1.10 bits per heavy atom. The molecule has 2 saturated heterocycles. The van der Waals surface area contributed by atoms with Gasteiger partial charge in [-0.1, -0.05) is 44.2 Å². The second kappa shape index (κ2) is 10.2. The lowest BCUT2D eigenvalue weighted by molar-refractivity contribution is -0.141. The number of benzene rings is 1. The van der Waals surface area contributed by atoms with Gasteiger partial charge in [0, 0.05) is 19.4 Å². The highest BCUT2D eigenvalue weighted by Crippen LogP contribution is 2.28. The van der Waals surface area contributed by atoms with E-state index in [4.69, 9.17) is 0 Å². The zero-order valence-corrected chi connectivity index (χ0v) is 18.5. The van der Waals surface area contributed by atoms with Gasteiger partial charge in [-0.25, -0.2) is 0 Å². The summed E-state index contributed by atoms with van der Waals surface area (Å²) in [7, 11) is 0. The molecule has 0 aromatic heterocycles. The van der Waals surface area contributed by atoms with Crippen LogP contribution in [-0.4, -0.2) is 60.0 Å². The third kappa shape index (κ3) is 6.00. The van der Waals surface area contributed by atoms with Crippen molar-refractivity contribution in [2.45, 2.75) is 64.5 Å². The van der Waals surface area contributed by atoms with Gasteiger partial charge in [-0.2, -0.15) is 0 Å². The topological polar surface area (TPSA) is 95.6 Å². The number of rotatable bonds is 9. The normalized spacial score (nSPS) is 21.2. The molecule has 3 rings (SSSR count). The highest BCUT2D eigenvalue weighted by Gasteiger charge is 2.40. The predicted octanol–water partition coefficient (Wildman–Crippen LogP) is 1.64. The monoisotopic (exact) mass is 427 g/mol. The van der Waals surface area contributed by atoms with Crippen molar-refractivity contribution in [1.82, 2.24) is 15.5 Å². The Bertz CT molecular complexity index is 815. The standard InChI is InChI=1S/C24H33N3O4/c1-24(2,23(31)26-16-18(28)14-17-8-4-3-5-9-17)15-21(29)20-11-7-13-27(20)22(30)19-10-6-12-25-19/h3-5,8-9,19-20,25H,6-7,10-16H2,1-2H3,(H,26,31)/t19-,20-/m0/s1. The lowest BCUT2D eigenvalue weighted by Gasteiger charge is -2.29. The molecule has 7 heteroatoms. The Morgan fingerprint density at radius 3 is 2.52 bits per heavy atom. The van der Waals surface area contributed by atoms with Gasteiger partial charge in [-0.05, 0) is 37.8 Å². The summed E-state index contributed by atoms with van der Waals surface area (Å²) in [4.78, 5) is 52.4. The molecule has 7 nitrogen and oxygen atoms in total. The van der Waals surface area contributed by atoms with Crippen molar-refractivity contribution in [3.8, 4) is 0 Å². The van der Waals surface area contributed by atoms with Crippen LogP contribution in [0.15, 0.2) is 30.3 Å². The number of ketones is 2. The van der Waals surface area contributed by atoms with E-state index in [1.807, 2.05) is 30.3 Å². The van der Waals surface area contributed by atoms with E-state index in [0.717, 1.165) is 31.4 Å². The van der Waals surface area contributed by atoms with Crippen molar-refractivity contribution in [2.75, 3.05) is 19.6 Å². The number of likely N-dealkylation sites (tertiary alicyclic amines) is 1. The molecule has 2 aliphatic heterocycles. The minimum Gasteiger partial charge on any atom is -0.349 e. The summed E-state index contributed by atoms with van der Waals surface area (Å²) in [5, 5.41) is 5.89. The van der Waals surface area contributed by atoms with Crippen molar-refractivity contribution >= 4 is 23.4 Å². The van der Waals surface area contributed by atoms with Gasteiger partial charge in [0.25, 0.3) is 0 Å². The van der Waals surface area contributed by atoms with Gasteiger partial charge in [-0.15, -0.1) is 0 Å². The molecule has 168 valence electrons. The number of hydrogen-bond acceptors (Lipinski definition) is 5. The fraction of sp³-hybridized carbons (Fsp3) is 0.583. The first-order chi connectivity index (χ1) is 14.8. The Morgan fingerprint density at radius 2 is 1.84 bits per heavy atom. The third-order valence-corrected chi connectivity index (χ3v) is 6.19. The number of carbonyl (C=O) groups is 4. The first-order valence-electron chi connectivity index (χ1n) is 11.2. The van der Waals surface area contributed by atoms with Crippen LogP contribution in [0.5, 0.6) is 0 Å². The van der Waals surface area contributed by atoms with Crippen LogP contribution in [0.25, 0.3) is 0 Å². The zero-order valence-electron chi connectivity index (χ0n) is 18.5. The number of hydrogen-bond donors (Lipinski definition) is 2. The van der Waals surface area contributed by atoms with E-state index in [2.05, 4.69) is 10.6 Å². The lowest BCUT2D eigenvalue weighted by Crippen LogP contribution is -2.49. The summed E-state index contributed by atoms with van der Waals surface area (Å²) in [6, 6.07) is 8.72. The van der Waals surface area contributed by atoms with Gasteiger partial charge in [0.15, 0.2) is 11.6 Å². The summed E-state index contributed by atoms with van der Waals surface area (Å²) in [5.41, 5.74) is -0.0496. The molecule has 0 radical (unpaired) electrons. The summed E-state index contributed by atoms with van der Waals surface area (Å²) in [5.74, 6) is -0.490. The van der Waals surface area contributed by atoms with E-state index in [1.165, 1.54) is 0 Å². The fourth-order valence-corrected chi connectivity index (χ4v) is 4.40. The van der Waals surface area contributed by atoms with Crippen LogP contribution in [0.4, 0.5) is 0 Å². The average Bonchev–Trinajstić information content (AvgIpc) is 3.44. The van der Waals surface area contributed by atoms with Gasteiger partial charge < -0.3 is 15.5 Å². The van der Waals surface area contributed by atoms with E-state index >= 15 is 0 Å². The molecule has 2 amide bonds. The molecule has 2 fully saturated rings. The number of Topliss-reactive ketones (excluding diaryl/α,β-unsaturated/α-hetero) is 2. The molecule has 0 bridgehead atoms. The number of nitrogens with one attached hydrogen (secondary N) is 2. The smallest absolute Gasteiger partial charge is 0.240 e. The molecular formula is C24H33N3O4. The average molecular weight is 428 g/mol. The molecule has 31 heavy (non-hydrogen) atoms. The minimum atomic E-state index is -0.951. The van der Waals surface area contributed by atoms with Crippen molar-refractivity contribution in [1.29, 1.82) is 0 Å². The first kappa shape index (κ1) is 23.1. The van der Waals surface area contributed by atoms with Gasteiger partial charge >= 0.3 is 0 Å². The quantitative estimate of drug-likeness (QED) is 0.625. The second-order valence-corrected chi connectivity index (χ2v) is 9.25. The van der Waals surface area contributed by atoms with E-state index < -0.39 is 11.5 Å². The summed E-state index contributed by atoms with van der Waals surface area (Å²) in [6.45, 7) is 4.78. The maximum absolute atomic E-state index is 13.0. The van der Waals surface area contributed by atoms with Gasteiger partial charge in [0.05, 0.1) is 24.0 Å². The van der Waals surface area contributed by atoms with E-state index in [-0.39, 0.29) is 48.8 Å². The van der Waals surface area contributed by atoms with Crippen LogP contribution in [-0.2, 0) is 25.6 Å². The summed E-state index contributed by atoms with van der Waals surface area (Å²) >= 11 is 0. The predicted molar refractivity (Wildman–Crippen MR) is 117 cm³/mol. The Kier molecular flexibility index (Phi) is 7.59. The highest BCUT2D eigenvalue weighted by molar-refractivity contribution is 5.96. The molecule has 2 heterocycles. The number of amides is 2. The van der Waals surface area contributed by atoms with Crippen molar-refractivity contribution < 1.29 is 19.2 Å². The Labute approximate surface area is 183 Å². The Balaban J connectivity index is 1.51. The molecule has 0 spiro atoms. The SMILES string of the molecule is CC(C)(CC(=O)[C@@H]1CCCN1C(=O)[C@@H]1CCCN1)C(=O)NCC(=O)Cc1ccccc1. The molecule has 2 N–H and O–H groups in total. The molecule has 2 atom stereocenters. The van der Waals surface area contributed by atoms with Crippen molar-refractivity contribution in [3.63, 3.8) is 0 Å². The van der Waals surface area contributed by atoms with Crippen LogP contribution in [0.3, 0.4) is 0 Å². The summed E-state index contributed by atoms with van der Waals surface area (Å²) < 4.78 is 0. The molecule has 2 aliphatic rings. The third-order valence-electron chi connectivity index (χ3n) is 6.19. The number of nitrogens with zero attached hydrogens (tertiary/aromatic N) is 1. The fourth-order valence-electron chi connectivity index (χ4n) is 4.40. The van der Waals surface area contributed by atoms with Crippen LogP contribution in [0, 0.1) is 5.41 Å². The van der Waals surface area contributed by atoms with Crippen LogP contribution in [0.2, 0.25) is 0 Å². The van der Waals surface area contributed by atoms with Gasteiger partial charge in [0.1, 0.15) is 0 Å². The number of carbonyl (C=O) groups excluding carboxylic acids is 4. The molecule has 0 saturated carbocycles. The maximum atomic E-state index is 13.0. The van der Waals surface area contributed by atoms with Crippen LogP contribution in [0.1, 0.15) is 51.5 Å². The molecular weight excluding hydrogens is 394 g/mol.